The van der Waals surface area contributed by atoms with Crippen LogP contribution in [0.4, 0.5) is 22.6 Å². The second-order valence-corrected chi connectivity index (χ2v) is 9.48. The molecule has 0 saturated carbocycles. The van der Waals surface area contributed by atoms with Crippen molar-refractivity contribution in [3.63, 3.8) is 0 Å². The summed E-state index contributed by atoms with van der Waals surface area (Å²) in [5, 5.41) is 16.2. The average molecular weight is 508 g/mol. The van der Waals surface area contributed by atoms with Crippen LogP contribution in [-0.4, -0.2) is 26.0 Å². The number of fused-ring (bicyclic) bond motifs is 1. The zero-order chi connectivity index (χ0) is 25.6. The molecule has 8 heteroatoms. The first-order chi connectivity index (χ1) is 18.0. The van der Waals surface area contributed by atoms with Gasteiger partial charge in [-0.05, 0) is 53.5 Å². The maximum absolute atomic E-state index is 10.8. The lowest BCUT2D eigenvalue weighted by Crippen LogP contribution is -2.04. The van der Waals surface area contributed by atoms with Gasteiger partial charge in [0.25, 0.3) is 0 Å². The van der Waals surface area contributed by atoms with Crippen LogP contribution in [0.1, 0.15) is 29.3 Å². The molecule has 5 aromatic rings. The van der Waals surface area contributed by atoms with Crippen LogP contribution < -0.4 is 10.6 Å². The lowest BCUT2D eigenvalue weighted by Gasteiger charge is -2.11. The number of nitrogens with one attached hydrogen (secondary N) is 2. The van der Waals surface area contributed by atoms with Gasteiger partial charge in [-0.25, -0.2) is 14.8 Å². The largest absolute Gasteiger partial charge is 0.478 e. The van der Waals surface area contributed by atoms with E-state index in [2.05, 4.69) is 47.9 Å². The van der Waals surface area contributed by atoms with E-state index < -0.39 is 5.97 Å². The maximum atomic E-state index is 10.8. The Balaban J connectivity index is 1.42. The van der Waals surface area contributed by atoms with Gasteiger partial charge in [0.2, 0.25) is 5.95 Å². The van der Waals surface area contributed by atoms with E-state index in [0.717, 1.165) is 50.4 Å². The Labute approximate surface area is 218 Å². The molecule has 0 unspecified atom stereocenters. The molecule has 0 aliphatic carbocycles. The van der Waals surface area contributed by atoms with Crippen molar-refractivity contribution in [3.05, 3.63) is 107 Å². The van der Waals surface area contributed by atoms with Gasteiger partial charge < -0.3 is 15.7 Å². The number of carbonyl (C=O) groups is 1. The summed E-state index contributed by atoms with van der Waals surface area (Å²) in [6, 6.07) is 25.9. The average Bonchev–Trinajstić information content (AvgIpc) is 3.30. The SMILES string of the molecule is CCc1ccc2nc(Nc3cc(Cc4ccccc4)nc(Nc4ccc(/C=C/C(=O)O)cc4)n3)sc2c1. The van der Waals surface area contributed by atoms with E-state index in [0.29, 0.717) is 18.2 Å². The summed E-state index contributed by atoms with van der Waals surface area (Å²) in [5.74, 6) is 0.128. The third-order valence-corrected chi connectivity index (χ3v) is 6.62. The van der Waals surface area contributed by atoms with Crippen molar-refractivity contribution in [2.45, 2.75) is 19.8 Å². The monoisotopic (exact) mass is 507 g/mol. The Hall–Kier alpha value is -4.56. The Morgan fingerprint density at radius 3 is 2.49 bits per heavy atom. The second-order valence-electron chi connectivity index (χ2n) is 8.45. The summed E-state index contributed by atoms with van der Waals surface area (Å²) in [7, 11) is 0. The molecule has 5 rings (SSSR count). The van der Waals surface area contributed by atoms with Crippen molar-refractivity contribution in [1.82, 2.24) is 15.0 Å². The molecule has 0 aliphatic heterocycles. The molecule has 7 nitrogen and oxygen atoms in total. The fourth-order valence-corrected chi connectivity index (χ4v) is 4.78. The third-order valence-electron chi connectivity index (χ3n) is 5.69. The zero-order valence-electron chi connectivity index (χ0n) is 20.2. The van der Waals surface area contributed by atoms with E-state index >= 15 is 0 Å². The first-order valence-corrected chi connectivity index (χ1v) is 12.7. The van der Waals surface area contributed by atoms with Crippen molar-refractivity contribution in [2.24, 2.45) is 0 Å². The van der Waals surface area contributed by atoms with Crippen LogP contribution in [0.15, 0.2) is 84.9 Å². The molecule has 2 heterocycles. The molecular weight excluding hydrogens is 482 g/mol. The lowest BCUT2D eigenvalue weighted by molar-refractivity contribution is -0.131. The number of anilines is 4. The molecule has 3 N–H and O–H groups in total. The molecule has 0 amide bonds. The normalized spacial score (nSPS) is 11.2. The second kappa shape index (κ2) is 11.0. The van der Waals surface area contributed by atoms with E-state index in [1.165, 1.54) is 5.56 Å². The molecule has 0 saturated heterocycles. The Morgan fingerprint density at radius 1 is 0.919 bits per heavy atom. The molecular formula is C29H25N5O2S. The quantitative estimate of drug-likeness (QED) is 0.188. The number of benzene rings is 3. The molecule has 0 fully saturated rings. The minimum absolute atomic E-state index is 0.458. The van der Waals surface area contributed by atoms with Gasteiger partial charge in [0.05, 0.1) is 15.9 Å². The number of carboxylic acids is 1. The van der Waals surface area contributed by atoms with Gasteiger partial charge in [-0.1, -0.05) is 66.8 Å². The highest BCUT2D eigenvalue weighted by Gasteiger charge is 2.10. The smallest absolute Gasteiger partial charge is 0.328 e. The third kappa shape index (κ3) is 6.36. The minimum Gasteiger partial charge on any atom is -0.478 e. The topological polar surface area (TPSA) is 100 Å². The molecule has 0 aliphatic rings. The van der Waals surface area contributed by atoms with E-state index in [1.807, 2.05) is 48.5 Å². The number of rotatable bonds is 9. The highest BCUT2D eigenvalue weighted by atomic mass is 32.1. The van der Waals surface area contributed by atoms with E-state index in [9.17, 15) is 4.79 Å². The molecule has 0 bridgehead atoms. The summed E-state index contributed by atoms with van der Waals surface area (Å²) >= 11 is 1.60. The van der Waals surface area contributed by atoms with E-state index in [4.69, 9.17) is 20.1 Å². The Morgan fingerprint density at radius 2 is 1.73 bits per heavy atom. The number of carboxylic acid groups (broad SMARTS) is 1. The van der Waals surface area contributed by atoms with Crippen LogP contribution >= 0.6 is 11.3 Å². The number of aromatic nitrogens is 3. The highest BCUT2D eigenvalue weighted by molar-refractivity contribution is 7.22. The molecule has 184 valence electrons. The van der Waals surface area contributed by atoms with Crippen LogP contribution in [-0.2, 0) is 17.6 Å². The first-order valence-electron chi connectivity index (χ1n) is 11.9. The van der Waals surface area contributed by atoms with E-state index in [-0.39, 0.29) is 0 Å². The van der Waals surface area contributed by atoms with Gasteiger partial charge in [0.1, 0.15) is 5.82 Å². The lowest BCUT2D eigenvalue weighted by atomic mass is 10.1. The van der Waals surface area contributed by atoms with Gasteiger partial charge in [-0.2, -0.15) is 4.98 Å². The Bertz CT molecular complexity index is 1560. The number of hydrogen-bond acceptors (Lipinski definition) is 7. The van der Waals surface area contributed by atoms with Gasteiger partial charge >= 0.3 is 5.97 Å². The molecule has 0 radical (unpaired) electrons. The fourth-order valence-electron chi connectivity index (χ4n) is 3.84. The fraction of sp³-hybridized carbons (Fsp3) is 0.103. The van der Waals surface area contributed by atoms with E-state index in [1.54, 1.807) is 17.4 Å². The van der Waals surface area contributed by atoms with Crippen LogP contribution in [0.3, 0.4) is 0 Å². The maximum Gasteiger partial charge on any atom is 0.328 e. The van der Waals surface area contributed by atoms with Crippen molar-refractivity contribution >= 4 is 56.2 Å². The number of nitrogens with zero attached hydrogens (tertiary/aromatic N) is 3. The van der Waals surface area contributed by atoms with Crippen molar-refractivity contribution in [2.75, 3.05) is 10.6 Å². The molecule has 3 aromatic carbocycles. The van der Waals surface area contributed by atoms with Gasteiger partial charge in [-0.15, -0.1) is 0 Å². The summed E-state index contributed by atoms with van der Waals surface area (Å²) in [6.45, 7) is 2.14. The molecule has 0 spiro atoms. The number of aliphatic carboxylic acids is 1. The first kappa shape index (κ1) is 24.1. The molecule has 2 aromatic heterocycles. The predicted octanol–water partition coefficient (Wildman–Crippen LogP) is 6.82. The van der Waals surface area contributed by atoms with Crippen LogP contribution in [0, 0.1) is 0 Å². The summed E-state index contributed by atoms with van der Waals surface area (Å²) in [6.07, 6.45) is 4.30. The Kier molecular flexibility index (Phi) is 7.19. The van der Waals surface area contributed by atoms with Crippen molar-refractivity contribution in [3.8, 4) is 0 Å². The highest BCUT2D eigenvalue weighted by Crippen LogP contribution is 2.29. The minimum atomic E-state index is -0.982. The zero-order valence-corrected chi connectivity index (χ0v) is 21.0. The van der Waals surface area contributed by atoms with Crippen LogP contribution in [0.5, 0.6) is 0 Å². The number of aryl methyl sites for hydroxylation is 1. The molecule has 37 heavy (non-hydrogen) atoms. The predicted molar refractivity (Wildman–Crippen MR) is 150 cm³/mol. The van der Waals surface area contributed by atoms with Gasteiger partial charge in [0.15, 0.2) is 5.13 Å². The summed E-state index contributed by atoms with van der Waals surface area (Å²) in [5.41, 5.74) is 5.84. The van der Waals surface area contributed by atoms with Gasteiger partial charge in [-0.3, -0.25) is 0 Å². The van der Waals surface area contributed by atoms with Crippen molar-refractivity contribution in [1.29, 1.82) is 0 Å². The van der Waals surface area contributed by atoms with Crippen molar-refractivity contribution < 1.29 is 9.90 Å². The standard InChI is InChI=1S/C29H25N5O2S/c1-2-19-10-14-24-25(17-19)37-29(32-24)34-26-18-23(16-21-6-4-3-5-7-21)31-28(33-26)30-22-12-8-20(9-13-22)11-15-27(35)36/h3-15,17-18H,2,16H2,1H3,(H,35,36)(H2,30,31,32,33,34)/b15-11+. The summed E-state index contributed by atoms with van der Waals surface area (Å²) in [4.78, 5) is 24.9. The number of thiazole rings is 1. The molecule has 0 atom stereocenters. The van der Waals surface area contributed by atoms with Crippen LogP contribution in [0.25, 0.3) is 16.3 Å². The summed E-state index contributed by atoms with van der Waals surface area (Å²) < 4.78 is 1.14. The van der Waals surface area contributed by atoms with Crippen LogP contribution in [0.2, 0.25) is 0 Å². The number of hydrogen-bond donors (Lipinski definition) is 3. The van der Waals surface area contributed by atoms with Gasteiger partial charge in [0, 0.05) is 24.3 Å².